The maximum absolute atomic E-state index is 4.73. The highest BCUT2D eigenvalue weighted by molar-refractivity contribution is 14.0. The molecule has 2 aromatic rings. The summed E-state index contributed by atoms with van der Waals surface area (Å²) in [5.41, 5.74) is 2.21. The van der Waals surface area contributed by atoms with Crippen LogP contribution < -0.4 is 5.32 Å². The normalized spacial score (nSPS) is 18.5. The minimum absolute atomic E-state index is 0. The van der Waals surface area contributed by atoms with Gasteiger partial charge in [-0.1, -0.05) is 26.0 Å². The van der Waals surface area contributed by atoms with Crippen LogP contribution in [0.5, 0.6) is 0 Å². The van der Waals surface area contributed by atoms with E-state index in [9.17, 15) is 0 Å². The van der Waals surface area contributed by atoms with Crippen LogP contribution in [0, 0.1) is 5.92 Å². The molecule has 1 aromatic heterocycles. The van der Waals surface area contributed by atoms with Gasteiger partial charge in [-0.25, -0.2) is 4.98 Å². The molecule has 1 atom stereocenters. The van der Waals surface area contributed by atoms with E-state index in [0.717, 1.165) is 36.1 Å². The number of hydrogen-bond acceptors (Lipinski definition) is 3. The summed E-state index contributed by atoms with van der Waals surface area (Å²) in [6, 6.07) is 8.25. The SMILES string of the molecule is CN=C(NCc1nc2ccccc2n1C)N1CCSC(C(C)C)C1.I. The Hall–Kier alpha value is -0.960. The number of benzene rings is 1. The van der Waals surface area contributed by atoms with Crippen molar-refractivity contribution < 1.29 is 0 Å². The van der Waals surface area contributed by atoms with Gasteiger partial charge in [0.05, 0.1) is 17.6 Å². The number of hydrogen-bond donors (Lipinski definition) is 1. The number of fused-ring (bicyclic) bond motifs is 1. The molecule has 1 fully saturated rings. The molecule has 1 saturated heterocycles. The fraction of sp³-hybridized carbons (Fsp3) is 0.556. The molecule has 0 amide bonds. The molecule has 0 saturated carbocycles. The highest BCUT2D eigenvalue weighted by Gasteiger charge is 2.25. The van der Waals surface area contributed by atoms with Gasteiger partial charge in [-0.3, -0.25) is 4.99 Å². The number of para-hydroxylation sites is 2. The third kappa shape index (κ3) is 4.61. The van der Waals surface area contributed by atoms with Crippen molar-refractivity contribution in [3.63, 3.8) is 0 Å². The maximum atomic E-state index is 4.73. The number of aryl methyl sites for hydroxylation is 1. The molecule has 7 heteroatoms. The summed E-state index contributed by atoms with van der Waals surface area (Å²) in [6.07, 6.45) is 0. The highest BCUT2D eigenvalue weighted by atomic mass is 127. The summed E-state index contributed by atoms with van der Waals surface area (Å²) in [5, 5.41) is 4.17. The standard InChI is InChI=1S/C18H27N5S.HI/c1-13(2)16-12-23(9-10-24-16)18(19-3)20-11-17-21-14-7-5-6-8-15(14)22(17)4;/h5-8,13,16H,9-12H2,1-4H3,(H,19,20);1H. The average molecular weight is 473 g/mol. The van der Waals surface area contributed by atoms with Crippen LogP contribution in [-0.2, 0) is 13.6 Å². The molecule has 3 rings (SSSR count). The molecule has 0 aliphatic carbocycles. The van der Waals surface area contributed by atoms with Crippen LogP contribution in [0.25, 0.3) is 11.0 Å². The number of aromatic nitrogens is 2. The molecule has 1 aliphatic heterocycles. The fourth-order valence-electron chi connectivity index (χ4n) is 3.12. The molecule has 0 radical (unpaired) electrons. The molecule has 5 nitrogen and oxygen atoms in total. The zero-order chi connectivity index (χ0) is 17.1. The van der Waals surface area contributed by atoms with E-state index in [1.165, 1.54) is 5.52 Å². The van der Waals surface area contributed by atoms with Gasteiger partial charge in [0.25, 0.3) is 0 Å². The first-order chi connectivity index (χ1) is 11.6. The number of thioether (sulfide) groups is 1. The smallest absolute Gasteiger partial charge is 0.194 e. The number of guanidine groups is 1. The second kappa shape index (κ2) is 9.12. The zero-order valence-corrected chi connectivity index (χ0v) is 18.5. The first kappa shape index (κ1) is 20.4. The Labute approximate surface area is 171 Å². The fourth-order valence-corrected chi connectivity index (χ4v) is 4.41. The van der Waals surface area contributed by atoms with Crippen molar-refractivity contribution in [3.8, 4) is 0 Å². The van der Waals surface area contributed by atoms with Gasteiger partial charge in [-0.2, -0.15) is 11.8 Å². The van der Waals surface area contributed by atoms with E-state index in [-0.39, 0.29) is 24.0 Å². The summed E-state index contributed by atoms with van der Waals surface area (Å²) in [5.74, 6) is 3.86. The molecule has 0 bridgehead atoms. The van der Waals surface area contributed by atoms with Gasteiger partial charge in [0.1, 0.15) is 5.82 Å². The second-order valence-corrected chi connectivity index (χ2v) is 7.92. The molecular formula is C18H28IN5S. The van der Waals surface area contributed by atoms with Crippen molar-refractivity contribution in [1.82, 2.24) is 19.8 Å². The van der Waals surface area contributed by atoms with E-state index in [1.54, 1.807) is 0 Å². The van der Waals surface area contributed by atoms with Crippen molar-refractivity contribution in [1.29, 1.82) is 0 Å². The summed E-state index contributed by atoms with van der Waals surface area (Å²) in [7, 11) is 3.94. The molecule has 0 spiro atoms. The summed E-state index contributed by atoms with van der Waals surface area (Å²) in [4.78, 5) is 11.6. The van der Waals surface area contributed by atoms with E-state index >= 15 is 0 Å². The van der Waals surface area contributed by atoms with Crippen LogP contribution in [0.3, 0.4) is 0 Å². The lowest BCUT2D eigenvalue weighted by Crippen LogP contribution is -2.48. The van der Waals surface area contributed by atoms with E-state index in [2.05, 4.69) is 70.6 Å². The predicted octanol–water partition coefficient (Wildman–Crippen LogP) is 3.34. The van der Waals surface area contributed by atoms with E-state index in [4.69, 9.17) is 4.98 Å². The van der Waals surface area contributed by atoms with Crippen LogP contribution >= 0.6 is 35.7 Å². The Morgan fingerprint density at radius 2 is 2.16 bits per heavy atom. The van der Waals surface area contributed by atoms with E-state index < -0.39 is 0 Å². The number of aliphatic imine (C=N–C) groups is 1. The summed E-state index contributed by atoms with van der Waals surface area (Å²) >= 11 is 2.08. The van der Waals surface area contributed by atoms with Crippen LogP contribution in [-0.4, -0.2) is 51.6 Å². The Morgan fingerprint density at radius 1 is 1.40 bits per heavy atom. The molecule has 1 N–H and O–H groups in total. The van der Waals surface area contributed by atoms with Crippen LogP contribution in [0.4, 0.5) is 0 Å². The van der Waals surface area contributed by atoms with Crippen LogP contribution in [0.15, 0.2) is 29.3 Å². The minimum atomic E-state index is 0. The Morgan fingerprint density at radius 3 is 2.84 bits per heavy atom. The largest absolute Gasteiger partial charge is 0.349 e. The number of halogens is 1. The van der Waals surface area contributed by atoms with Crippen LogP contribution in [0.1, 0.15) is 19.7 Å². The molecule has 1 aliphatic rings. The lowest BCUT2D eigenvalue weighted by Gasteiger charge is -2.36. The maximum Gasteiger partial charge on any atom is 0.194 e. The molecule has 1 aromatic carbocycles. The van der Waals surface area contributed by atoms with Gasteiger partial charge < -0.3 is 14.8 Å². The average Bonchev–Trinajstić information content (AvgIpc) is 2.92. The first-order valence-electron chi connectivity index (χ1n) is 8.57. The van der Waals surface area contributed by atoms with E-state index in [0.29, 0.717) is 17.7 Å². The Kier molecular flexibility index (Phi) is 7.42. The van der Waals surface area contributed by atoms with Gasteiger partial charge in [0.15, 0.2) is 5.96 Å². The molecule has 138 valence electrons. The number of nitrogens with zero attached hydrogens (tertiary/aromatic N) is 4. The van der Waals surface area contributed by atoms with Gasteiger partial charge in [-0.15, -0.1) is 24.0 Å². The van der Waals surface area contributed by atoms with Crippen molar-refractivity contribution in [2.45, 2.75) is 25.6 Å². The third-order valence-electron chi connectivity index (χ3n) is 4.63. The van der Waals surface area contributed by atoms with Crippen LogP contribution in [0.2, 0.25) is 0 Å². The summed E-state index contributed by atoms with van der Waals surface area (Å²) in [6.45, 7) is 7.40. The number of nitrogens with one attached hydrogen (secondary N) is 1. The molecule has 25 heavy (non-hydrogen) atoms. The second-order valence-electron chi connectivity index (χ2n) is 6.58. The van der Waals surface area contributed by atoms with E-state index in [1.807, 2.05) is 13.1 Å². The third-order valence-corrected chi connectivity index (χ3v) is 6.17. The van der Waals surface area contributed by atoms with Crippen molar-refractivity contribution >= 4 is 52.7 Å². The van der Waals surface area contributed by atoms with Crippen molar-refractivity contribution in [2.75, 3.05) is 25.9 Å². The summed E-state index contributed by atoms with van der Waals surface area (Å²) < 4.78 is 2.15. The van der Waals surface area contributed by atoms with Gasteiger partial charge in [0.2, 0.25) is 0 Å². The van der Waals surface area contributed by atoms with Crippen molar-refractivity contribution in [3.05, 3.63) is 30.1 Å². The van der Waals surface area contributed by atoms with Gasteiger partial charge >= 0.3 is 0 Å². The number of rotatable bonds is 3. The Balaban J connectivity index is 0.00000225. The molecular weight excluding hydrogens is 445 g/mol. The molecule has 2 heterocycles. The Bertz CT molecular complexity index is 727. The minimum Gasteiger partial charge on any atom is -0.349 e. The molecule has 1 unspecified atom stereocenters. The topological polar surface area (TPSA) is 45.5 Å². The zero-order valence-electron chi connectivity index (χ0n) is 15.4. The lowest BCUT2D eigenvalue weighted by atomic mass is 10.1. The highest BCUT2D eigenvalue weighted by Crippen LogP contribution is 2.25. The van der Waals surface area contributed by atoms with Gasteiger partial charge in [0, 0.05) is 38.2 Å². The predicted molar refractivity (Wildman–Crippen MR) is 119 cm³/mol. The van der Waals surface area contributed by atoms with Gasteiger partial charge in [-0.05, 0) is 18.1 Å². The van der Waals surface area contributed by atoms with Crippen molar-refractivity contribution in [2.24, 2.45) is 18.0 Å². The number of imidazole rings is 1. The monoisotopic (exact) mass is 473 g/mol. The first-order valence-corrected chi connectivity index (χ1v) is 9.62. The lowest BCUT2D eigenvalue weighted by molar-refractivity contribution is 0.380. The quantitative estimate of drug-likeness (QED) is 0.422.